The first-order chi connectivity index (χ1) is 5.15. The summed E-state index contributed by atoms with van der Waals surface area (Å²) >= 11 is 0. The number of hydrogen-bond acceptors (Lipinski definition) is 2. The van der Waals surface area contributed by atoms with Gasteiger partial charge < -0.3 is 4.74 Å². The quantitative estimate of drug-likeness (QED) is 0.584. The minimum absolute atomic E-state index is 0.00755. The van der Waals surface area contributed by atoms with Crippen molar-refractivity contribution in [3.8, 4) is 0 Å². The maximum Gasteiger partial charge on any atom is 0.312 e. The molecule has 1 aliphatic carbocycles. The average Bonchev–Trinajstić information content (AvgIpc) is 2.64. The monoisotopic (exact) mass is 156 g/mol. The molecule has 0 amide bonds. The zero-order valence-electron chi connectivity index (χ0n) is 7.52. The van der Waals surface area contributed by atoms with E-state index in [1.54, 1.807) is 0 Å². The van der Waals surface area contributed by atoms with Crippen molar-refractivity contribution in [2.24, 2.45) is 11.3 Å². The van der Waals surface area contributed by atoms with Gasteiger partial charge in [-0.15, -0.1) is 0 Å². The molecule has 0 aromatic heterocycles. The van der Waals surface area contributed by atoms with Gasteiger partial charge in [0.05, 0.1) is 12.0 Å². The summed E-state index contributed by atoms with van der Waals surface area (Å²) in [4.78, 5) is 11.3. The Balaban J connectivity index is 2.42. The molecule has 0 N–H and O–H groups in total. The Kier molecular flexibility index (Phi) is 2.21. The number of ether oxygens (including phenoxy) is 1. The highest BCUT2D eigenvalue weighted by molar-refractivity contribution is 5.80. The van der Waals surface area contributed by atoms with Crippen LogP contribution >= 0.6 is 0 Å². The zero-order valence-corrected chi connectivity index (χ0v) is 7.52. The standard InChI is InChI=1S/C9H16O2/c1-4-7-6-9(7,3)8(10)11-5-2/h7H,4-6H2,1-3H3/t7-,9-/m1/s1. The second-order valence-corrected chi connectivity index (χ2v) is 3.45. The summed E-state index contributed by atoms with van der Waals surface area (Å²) in [6.07, 6.45) is 2.11. The van der Waals surface area contributed by atoms with E-state index in [9.17, 15) is 4.79 Å². The van der Waals surface area contributed by atoms with Crippen LogP contribution in [-0.2, 0) is 9.53 Å². The third kappa shape index (κ3) is 1.39. The fraction of sp³-hybridized carbons (Fsp3) is 0.889. The Labute approximate surface area is 67.9 Å². The van der Waals surface area contributed by atoms with Gasteiger partial charge in [-0.2, -0.15) is 0 Å². The van der Waals surface area contributed by atoms with Crippen LogP contribution < -0.4 is 0 Å². The Bertz CT molecular complexity index is 165. The van der Waals surface area contributed by atoms with E-state index in [-0.39, 0.29) is 11.4 Å². The molecular weight excluding hydrogens is 140 g/mol. The van der Waals surface area contributed by atoms with Gasteiger partial charge in [0.15, 0.2) is 0 Å². The minimum atomic E-state index is -0.134. The van der Waals surface area contributed by atoms with E-state index >= 15 is 0 Å². The van der Waals surface area contributed by atoms with E-state index in [4.69, 9.17) is 4.74 Å². The number of esters is 1. The summed E-state index contributed by atoms with van der Waals surface area (Å²) in [7, 11) is 0. The van der Waals surface area contributed by atoms with Crippen LogP contribution in [0.25, 0.3) is 0 Å². The molecule has 0 spiro atoms. The van der Waals surface area contributed by atoms with Crippen molar-refractivity contribution < 1.29 is 9.53 Å². The molecule has 0 aromatic carbocycles. The molecule has 0 aromatic rings. The van der Waals surface area contributed by atoms with Gasteiger partial charge in [-0.25, -0.2) is 0 Å². The Morgan fingerprint density at radius 1 is 1.64 bits per heavy atom. The zero-order chi connectivity index (χ0) is 8.48. The summed E-state index contributed by atoms with van der Waals surface area (Å²) < 4.78 is 4.96. The van der Waals surface area contributed by atoms with Crippen LogP contribution in [0.3, 0.4) is 0 Å². The van der Waals surface area contributed by atoms with E-state index in [0.717, 1.165) is 12.8 Å². The van der Waals surface area contributed by atoms with Crippen LogP contribution in [0.15, 0.2) is 0 Å². The summed E-state index contributed by atoms with van der Waals surface area (Å²) in [6.45, 7) is 6.48. The lowest BCUT2D eigenvalue weighted by atomic mass is 10.1. The van der Waals surface area contributed by atoms with Gasteiger partial charge in [0.25, 0.3) is 0 Å². The molecule has 0 radical (unpaired) electrons. The second kappa shape index (κ2) is 2.84. The summed E-state index contributed by atoms with van der Waals surface area (Å²) in [6, 6.07) is 0. The first-order valence-electron chi connectivity index (χ1n) is 4.32. The first kappa shape index (κ1) is 8.57. The van der Waals surface area contributed by atoms with Crippen LogP contribution in [0.4, 0.5) is 0 Å². The van der Waals surface area contributed by atoms with Gasteiger partial charge in [0, 0.05) is 0 Å². The van der Waals surface area contributed by atoms with Crippen LogP contribution in [0.1, 0.15) is 33.6 Å². The molecule has 2 atom stereocenters. The normalized spacial score (nSPS) is 35.0. The topological polar surface area (TPSA) is 26.3 Å². The fourth-order valence-corrected chi connectivity index (χ4v) is 1.59. The van der Waals surface area contributed by atoms with Gasteiger partial charge >= 0.3 is 5.97 Å². The molecule has 1 aliphatic rings. The third-order valence-corrected chi connectivity index (χ3v) is 2.65. The Hall–Kier alpha value is -0.530. The van der Waals surface area contributed by atoms with Crippen molar-refractivity contribution in [3.63, 3.8) is 0 Å². The van der Waals surface area contributed by atoms with Crippen molar-refractivity contribution in [1.29, 1.82) is 0 Å². The molecule has 0 aliphatic heterocycles. The lowest BCUT2D eigenvalue weighted by Gasteiger charge is -2.08. The molecular formula is C9H16O2. The second-order valence-electron chi connectivity index (χ2n) is 3.45. The number of carbonyl (C=O) groups excluding carboxylic acids is 1. The highest BCUT2D eigenvalue weighted by Crippen LogP contribution is 2.54. The van der Waals surface area contributed by atoms with E-state index in [0.29, 0.717) is 12.5 Å². The highest BCUT2D eigenvalue weighted by atomic mass is 16.5. The molecule has 0 bridgehead atoms. The fourth-order valence-electron chi connectivity index (χ4n) is 1.59. The maximum atomic E-state index is 11.3. The molecule has 1 saturated carbocycles. The van der Waals surface area contributed by atoms with Crippen molar-refractivity contribution >= 4 is 5.97 Å². The molecule has 64 valence electrons. The van der Waals surface area contributed by atoms with Crippen molar-refractivity contribution in [3.05, 3.63) is 0 Å². The number of rotatable bonds is 3. The molecule has 1 fully saturated rings. The van der Waals surface area contributed by atoms with Gasteiger partial charge in [0.2, 0.25) is 0 Å². The Morgan fingerprint density at radius 2 is 2.27 bits per heavy atom. The Morgan fingerprint density at radius 3 is 2.64 bits per heavy atom. The molecule has 0 saturated heterocycles. The smallest absolute Gasteiger partial charge is 0.312 e. The minimum Gasteiger partial charge on any atom is -0.466 e. The van der Waals surface area contributed by atoms with E-state index < -0.39 is 0 Å². The average molecular weight is 156 g/mol. The van der Waals surface area contributed by atoms with Crippen LogP contribution in [-0.4, -0.2) is 12.6 Å². The van der Waals surface area contributed by atoms with Gasteiger partial charge in [-0.05, 0) is 26.2 Å². The van der Waals surface area contributed by atoms with Crippen LogP contribution in [0, 0.1) is 11.3 Å². The van der Waals surface area contributed by atoms with E-state index in [2.05, 4.69) is 6.92 Å². The molecule has 1 rings (SSSR count). The van der Waals surface area contributed by atoms with Crippen molar-refractivity contribution in [2.75, 3.05) is 6.61 Å². The predicted molar refractivity (Wildman–Crippen MR) is 43.1 cm³/mol. The summed E-state index contributed by atoms with van der Waals surface area (Å²) in [5.41, 5.74) is -0.134. The number of carbonyl (C=O) groups is 1. The van der Waals surface area contributed by atoms with Crippen molar-refractivity contribution in [2.45, 2.75) is 33.6 Å². The summed E-state index contributed by atoms with van der Waals surface area (Å²) in [5, 5.41) is 0. The van der Waals surface area contributed by atoms with Crippen molar-refractivity contribution in [1.82, 2.24) is 0 Å². The predicted octanol–water partition coefficient (Wildman–Crippen LogP) is 1.99. The molecule has 0 heterocycles. The van der Waals surface area contributed by atoms with E-state index in [1.165, 1.54) is 0 Å². The highest BCUT2D eigenvalue weighted by Gasteiger charge is 2.55. The van der Waals surface area contributed by atoms with E-state index in [1.807, 2.05) is 13.8 Å². The lowest BCUT2D eigenvalue weighted by molar-refractivity contribution is -0.149. The van der Waals surface area contributed by atoms with Gasteiger partial charge in [-0.1, -0.05) is 13.3 Å². The summed E-state index contributed by atoms with van der Waals surface area (Å²) in [5.74, 6) is 0.563. The van der Waals surface area contributed by atoms with Gasteiger partial charge in [-0.3, -0.25) is 4.79 Å². The van der Waals surface area contributed by atoms with Crippen LogP contribution in [0.2, 0.25) is 0 Å². The first-order valence-corrected chi connectivity index (χ1v) is 4.32. The molecule has 2 heteroatoms. The number of hydrogen-bond donors (Lipinski definition) is 0. The third-order valence-electron chi connectivity index (χ3n) is 2.65. The largest absolute Gasteiger partial charge is 0.466 e. The molecule has 0 unspecified atom stereocenters. The lowest BCUT2D eigenvalue weighted by Crippen LogP contribution is -2.17. The SMILES string of the molecule is CCOC(=O)[C@]1(C)C[C@H]1CC. The van der Waals surface area contributed by atoms with Gasteiger partial charge in [0.1, 0.15) is 0 Å². The maximum absolute atomic E-state index is 11.3. The molecule has 11 heavy (non-hydrogen) atoms. The van der Waals surface area contributed by atoms with Crippen LogP contribution in [0.5, 0.6) is 0 Å². The molecule has 2 nitrogen and oxygen atoms in total.